The predicted molar refractivity (Wildman–Crippen MR) is 120 cm³/mol. The van der Waals surface area contributed by atoms with Crippen LogP contribution in [0.5, 0.6) is 0 Å². The van der Waals surface area contributed by atoms with Gasteiger partial charge in [-0.2, -0.15) is 0 Å². The summed E-state index contributed by atoms with van der Waals surface area (Å²) in [7, 11) is 0. The van der Waals surface area contributed by atoms with E-state index in [1.54, 1.807) is 12.3 Å². The number of halogens is 2. The van der Waals surface area contributed by atoms with Crippen molar-refractivity contribution >= 4 is 17.6 Å². The molecule has 0 aliphatic carbocycles. The van der Waals surface area contributed by atoms with Gasteiger partial charge in [0.25, 0.3) is 0 Å². The van der Waals surface area contributed by atoms with E-state index in [0.717, 1.165) is 54.6 Å². The third-order valence-electron chi connectivity index (χ3n) is 4.84. The van der Waals surface area contributed by atoms with Crippen LogP contribution in [-0.2, 0) is 13.0 Å². The molecule has 162 valence electrons. The summed E-state index contributed by atoms with van der Waals surface area (Å²) in [6.45, 7) is 11.2. The third-order valence-corrected chi connectivity index (χ3v) is 4.84. The topological polar surface area (TPSA) is 41.6 Å². The van der Waals surface area contributed by atoms with Crippen LogP contribution >= 0.6 is 0 Å². The first-order chi connectivity index (χ1) is 14.5. The van der Waals surface area contributed by atoms with E-state index in [0.29, 0.717) is 18.1 Å². The van der Waals surface area contributed by atoms with E-state index in [9.17, 15) is 8.78 Å². The lowest BCUT2D eigenvalue weighted by Crippen LogP contribution is -2.23. The van der Waals surface area contributed by atoms with Gasteiger partial charge in [-0.1, -0.05) is 26.8 Å². The largest absolute Gasteiger partial charge is 0.440 e. The lowest BCUT2D eigenvalue weighted by Gasteiger charge is -2.22. The van der Waals surface area contributed by atoms with Crippen LogP contribution in [0.4, 0.5) is 14.5 Å². The molecule has 0 radical (unpaired) electrons. The molecular weight excluding hydrogens is 384 g/mol. The SMILES string of the molecule is C/C=C\C=NC(=C(C)CC)c1nc2c(o1)CCCN(c1ccc(F)c(F)c1)C2.CC. The molecule has 0 N–H and O–H groups in total. The molecule has 0 unspecified atom stereocenters. The molecule has 1 aromatic carbocycles. The van der Waals surface area contributed by atoms with Gasteiger partial charge in [-0.15, -0.1) is 0 Å². The summed E-state index contributed by atoms with van der Waals surface area (Å²) < 4.78 is 33.0. The van der Waals surface area contributed by atoms with Gasteiger partial charge in [0, 0.05) is 30.9 Å². The third kappa shape index (κ3) is 5.65. The molecule has 0 atom stereocenters. The zero-order chi connectivity index (χ0) is 22.1. The average Bonchev–Trinajstić information content (AvgIpc) is 3.05. The van der Waals surface area contributed by atoms with Gasteiger partial charge in [0.15, 0.2) is 11.6 Å². The maximum Gasteiger partial charge on any atom is 0.245 e. The molecular formula is C24H31F2N3O. The van der Waals surface area contributed by atoms with Crippen molar-refractivity contribution in [2.24, 2.45) is 4.99 Å². The summed E-state index contributed by atoms with van der Waals surface area (Å²) in [6, 6.07) is 3.99. The number of hydrogen-bond donors (Lipinski definition) is 0. The minimum atomic E-state index is -0.843. The number of benzene rings is 1. The van der Waals surface area contributed by atoms with Crippen LogP contribution in [0.25, 0.3) is 5.70 Å². The van der Waals surface area contributed by atoms with Gasteiger partial charge in [0.2, 0.25) is 5.89 Å². The summed E-state index contributed by atoms with van der Waals surface area (Å²) >= 11 is 0. The minimum absolute atomic E-state index is 0.487. The van der Waals surface area contributed by atoms with Crippen molar-refractivity contribution in [1.82, 2.24) is 4.98 Å². The van der Waals surface area contributed by atoms with Crippen molar-refractivity contribution in [3.8, 4) is 0 Å². The van der Waals surface area contributed by atoms with Gasteiger partial charge in [-0.25, -0.2) is 13.8 Å². The first-order valence-electron chi connectivity index (χ1n) is 10.6. The highest BCUT2D eigenvalue weighted by molar-refractivity contribution is 5.79. The van der Waals surface area contributed by atoms with E-state index in [1.165, 1.54) is 6.07 Å². The predicted octanol–water partition coefficient (Wildman–Crippen LogP) is 6.72. The molecule has 6 heteroatoms. The van der Waals surface area contributed by atoms with E-state index >= 15 is 0 Å². The van der Waals surface area contributed by atoms with E-state index in [-0.39, 0.29) is 0 Å². The minimum Gasteiger partial charge on any atom is -0.440 e. The number of aryl methyl sites for hydroxylation is 1. The Kier molecular flexibility index (Phi) is 8.96. The Labute approximate surface area is 178 Å². The normalized spacial score (nSPS) is 15.0. The number of nitrogens with zero attached hydrogens (tertiary/aromatic N) is 3. The summed E-state index contributed by atoms with van der Waals surface area (Å²) in [5, 5.41) is 0. The lowest BCUT2D eigenvalue weighted by atomic mass is 10.2. The number of fused-ring (bicyclic) bond motifs is 1. The molecule has 1 aliphatic rings. The van der Waals surface area contributed by atoms with Gasteiger partial charge in [0.05, 0.1) is 6.54 Å². The highest BCUT2D eigenvalue weighted by Crippen LogP contribution is 2.29. The quantitative estimate of drug-likeness (QED) is 0.509. The van der Waals surface area contributed by atoms with Crippen molar-refractivity contribution in [2.45, 2.75) is 60.4 Å². The highest BCUT2D eigenvalue weighted by atomic mass is 19.2. The number of aromatic nitrogens is 1. The van der Waals surface area contributed by atoms with Crippen LogP contribution in [0.3, 0.4) is 0 Å². The maximum atomic E-state index is 13.7. The van der Waals surface area contributed by atoms with Crippen LogP contribution in [0.1, 0.15) is 64.8 Å². The maximum absolute atomic E-state index is 13.7. The van der Waals surface area contributed by atoms with Crippen molar-refractivity contribution < 1.29 is 13.2 Å². The highest BCUT2D eigenvalue weighted by Gasteiger charge is 2.23. The average molecular weight is 416 g/mol. The van der Waals surface area contributed by atoms with Gasteiger partial charge in [-0.05, 0) is 50.5 Å². The zero-order valence-electron chi connectivity index (χ0n) is 18.5. The number of aliphatic imine (C=N–C) groups is 1. The second kappa shape index (κ2) is 11.4. The number of allylic oxidation sites excluding steroid dienone is 3. The molecule has 0 saturated carbocycles. The molecule has 0 saturated heterocycles. The summed E-state index contributed by atoms with van der Waals surface area (Å²) in [6.07, 6.45) is 7.94. The number of hydrogen-bond acceptors (Lipinski definition) is 4. The molecule has 3 rings (SSSR count). The second-order valence-corrected chi connectivity index (χ2v) is 6.80. The van der Waals surface area contributed by atoms with Crippen molar-refractivity contribution in [3.05, 3.63) is 64.9 Å². The van der Waals surface area contributed by atoms with Crippen LogP contribution in [0.15, 0.2) is 45.3 Å². The molecule has 1 aromatic heterocycles. The van der Waals surface area contributed by atoms with Crippen molar-refractivity contribution in [1.29, 1.82) is 0 Å². The Bertz CT molecular complexity index is 929. The van der Waals surface area contributed by atoms with Crippen LogP contribution < -0.4 is 4.90 Å². The Morgan fingerprint density at radius 2 is 2.03 bits per heavy atom. The smallest absolute Gasteiger partial charge is 0.245 e. The van der Waals surface area contributed by atoms with Gasteiger partial charge >= 0.3 is 0 Å². The molecule has 2 aromatic rings. The fourth-order valence-electron chi connectivity index (χ4n) is 3.11. The van der Waals surface area contributed by atoms with Crippen LogP contribution in [-0.4, -0.2) is 17.7 Å². The molecule has 0 fully saturated rings. The van der Waals surface area contributed by atoms with Gasteiger partial charge in [0.1, 0.15) is 17.2 Å². The molecule has 0 amide bonds. The van der Waals surface area contributed by atoms with E-state index in [1.807, 2.05) is 44.7 Å². The number of anilines is 1. The molecule has 4 nitrogen and oxygen atoms in total. The zero-order valence-corrected chi connectivity index (χ0v) is 18.5. The number of rotatable bonds is 5. The summed E-state index contributed by atoms with van der Waals surface area (Å²) in [4.78, 5) is 11.2. The fourth-order valence-corrected chi connectivity index (χ4v) is 3.11. The molecule has 1 aliphatic heterocycles. The Hall–Kier alpha value is -2.76. The summed E-state index contributed by atoms with van der Waals surface area (Å²) in [5.41, 5.74) is 3.30. The van der Waals surface area contributed by atoms with Gasteiger partial charge in [-0.3, -0.25) is 4.99 Å². The van der Waals surface area contributed by atoms with E-state index in [4.69, 9.17) is 9.40 Å². The monoisotopic (exact) mass is 415 g/mol. The standard InChI is InChI=1S/C22H25F2N3O.C2H6/c1-4-6-11-25-21(15(3)5-2)22-26-19-14-27(12-7-8-20(19)28-22)16-9-10-17(23)18(24)13-16;1-2/h4,6,9-11,13H,5,7-8,12,14H2,1-3H3;1-2H3/b6-4-,21-15?,25-11?;. The second-order valence-electron chi connectivity index (χ2n) is 6.80. The van der Waals surface area contributed by atoms with Gasteiger partial charge < -0.3 is 9.32 Å². The van der Waals surface area contributed by atoms with Crippen molar-refractivity contribution in [3.63, 3.8) is 0 Å². The van der Waals surface area contributed by atoms with Crippen LogP contribution in [0.2, 0.25) is 0 Å². The van der Waals surface area contributed by atoms with Crippen molar-refractivity contribution in [2.75, 3.05) is 11.4 Å². The van der Waals surface area contributed by atoms with E-state index in [2.05, 4.69) is 11.9 Å². The Balaban J connectivity index is 0.00000155. The molecule has 2 heterocycles. The summed E-state index contributed by atoms with van der Waals surface area (Å²) in [5.74, 6) is -0.336. The Morgan fingerprint density at radius 3 is 2.70 bits per heavy atom. The van der Waals surface area contributed by atoms with Crippen LogP contribution in [0, 0.1) is 11.6 Å². The number of oxazole rings is 1. The molecule has 0 spiro atoms. The Morgan fingerprint density at radius 1 is 1.27 bits per heavy atom. The molecule has 30 heavy (non-hydrogen) atoms. The first-order valence-corrected chi connectivity index (χ1v) is 10.6. The first kappa shape index (κ1) is 23.5. The lowest BCUT2D eigenvalue weighted by molar-refractivity contribution is 0.486. The molecule has 0 bridgehead atoms. The van der Waals surface area contributed by atoms with E-state index < -0.39 is 11.6 Å². The fraction of sp³-hybridized carbons (Fsp3) is 0.417.